The third-order valence-electron chi connectivity index (χ3n) is 11.6. The van der Waals surface area contributed by atoms with Crippen molar-refractivity contribution in [1.82, 2.24) is 0 Å². The van der Waals surface area contributed by atoms with Crippen LogP contribution in [0.2, 0.25) is 0 Å². The van der Waals surface area contributed by atoms with Gasteiger partial charge < -0.3 is 0 Å². The molecule has 10 aromatic rings. The molecular weight excluding hydrogens is 805 g/mol. The molecule has 0 saturated carbocycles. The number of hydrogen-bond donors (Lipinski definition) is 0. The smallest absolute Gasteiger partial charge is 0.135 e. The van der Waals surface area contributed by atoms with E-state index in [-0.39, 0.29) is 0 Å². The maximum Gasteiger partial charge on any atom is 0.183 e. The summed E-state index contributed by atoms with van der Waals surface area (Å²) in [5.74, 6) is 0. The number of thiophene rings is 4. The summed E-state index contributed by atoms with van der Waals surface area (Å²) in [5.41, 5.74) is 7.78. The van der Waals surface area contributed by atoms with Gasteiger partial charge in [-0.05, 0) is 116 Å². The SMILES string of the molecule is Cc1cccc(C2=C(c3ccc(-c4cc5ccccc5s4)s3)[Si](c3ccccc3)(c3ccccc3)C(c3ccc(-c4cc5ccccc5s4)s3)=C2c2cccc(C)c2)c1. The fraction of sp³-hybridized carbons (Fsp3) is 0.0370. The highest BCUT2D eigenvalue weighted by atomic mass is 32.1. The number of hydrogen-bond acceptors (Lipinski definition) is 4. The Morgan fingerprint density at radius 3 is 1.15 bits per heavy atom. The first-order chi connectivity index (χ1) is 29.0. The van der Waals surface area contributed by atoms with Crippen LogP contribution in [0.4, 0.5) is 0 Å². The monoisotopic (exact) mass is 842 g/mol. The van der Waals surface area contributed by atoms with Crippen LogP contribution >= 0.6 is 45.3 Å². The average Bonchev–Trinajstić information content (AvgIpc) is 4.12. The first-order valence-electron chi connectivity index (χ1n) is 20.0. The van der Waals surface area contributed by atoms with Crippen LogP contribution in [0.1, 0.15) is 32.0 Å². The van der Waals surface area contributed by atoms with Gasteiger partial charge in [-0.1, -0.05) is 157 Å². The van der Waals surface area contributed by atoms with Crippen LogP contribution in [0.15, 0.2) is 194 Å². The molecule has 59 heavy (non-hydrogen) atoms. The molecule has 1 aliphatic heterocycles. The second-order valence-electron chi connectivity index (χ2n) is 15.3. The Morgan fingerprint density at radius 1 is 0.322 bits per heavy atom. The van der Waals surface area contributed by atoms with E-state index in [0.717, 1.165) is 0 Å². The quantitative estimate of drug-likeness (QED) is 0.134. The number of fused-ring (bicyclic) bond motifs is 2. The summed E-state index contributed by atoms with van der Waals surface area (Å²) in [7, 11) is -3.10. The van der Waals surface area contributed by atoms with Crippen molar-refractivity contribution in [3.8, 4) is 19.5 Å². The Hall–Kier alpha value is -5.66. The van der Waals surface area contributed by atoms with E-state index < -0.39 is 8.07 Å². The summed E-state index contributed by atoms with van der Waals surface area (Å²) in [6.07, 6.45) is 0. The highest BCUT2D eigenvalue weighted by Crippen LogP contribution is 2.58. The molecule has 0 atom stereocenters. The molecular formula is C54H38S4Si. The van der Waals surface area contributed by atoms with E-state index in [1.807, 2.05) is 45.3 Å². The summed E-state index contributed by atoms with van der Waals surface area (Å²) in [6.45, 7) is 4.46. The van der Waals surface area contributed by atoms with Crippen molar-refractivity contribution in [2.24, 2.45) is 0 Å². The van der Waals surface area contributed by atoms with Gasteiger partial charge in [0.15, 0.2) is 8.07 Å². The average molecular weight is 843 g/mol. The number of rotatable bonds is 8. The lowest BCUT2D eigenvalue weighted by molar-refractivity contribution is 1.44. The maximum absolute atomic E-state index is 3.10. The van der Waals surface area contributed by atoms with Crippen LogP contribution in [0.3, 0.4) is 0 Å². The highest BCUT2D eigenvalue weighted by Gasteiger charge is 2.54. The van der Waals surface area contributed by atoms with Gasteiger partial charge in [-0.25, -0.2) is 0 Å². The number of benzene rings is 6. The molecule has 11 rings (SSSR count). The van der Waals surface area contributed by atoms with Crippen molar-refractivity contribution >= 4 is 106 Å². The molecule has 5 heterocycles. The first-order valence-corrected chi connectivity index (χ1v) is 25.2. The Balaban J connectivity index is 1.28. The van der Waals surface area contributed by atoms with Crippen LogP contribution in [-0.4, -0.2) is 8.07 Å². The molecule has 282 valence electrons. The van der Waals surface area contributed by atoms with Crippen molar-refractivity contribution in [2.45, 2.75) is 13.8 Å². The van der Waals surface area contributed by atoms with Gasteiger partial charge in [-0.15, -0.1) is 45.3 Å². The minimum Gasteiger partial charge on any atom is -0.135 e. The minimum atomic E-state index is -3.10. The Kier molecular flexibility index (Phi) is 9.17. The van der Waals surface area contributed by atoms with Crippen molar-refractivity contribution in [2.75, 3.05) is 0 Å². The molecule has 4 aromatic heterocycles. The van der Waals surface area contributed by atoms with Crippen LogP contribution in [0.25, 0.3) is 61.2 Å². The highest BCUT2D eigenvalue weighted by molar-refractivity contribution is 7.35. The summed E-state index contributed by atoms with van der Waals surface area (Å²) in [5, 5.41) is 8.36. The molecule has 0 saturated heterocycles. The zero-order valence-electron chi connectivity index (χ0n) is 32.6. The largest absolute Gasteiger partial charge is 0.183 e. The van der Waals surface area contributed by atoms with Gasteiger partial charge in [0.2, 0.25) is 0 Å². The van der Waals surface area contributed by atoms with E-state index in [2.05, 4.69) is 208 Å². The van der Waals surface area contributed by atoms with Crippen molar-refractivity contribution in [3.63, 3.8) is 0 Å². The molecule has 0 spiro atoms. The summed E-state index contributed by atoms with van der Waals surface area (Å²) in [4.78, 5) is 7.96. The molecule has 5 heteroatoms. The summed E-state index contributed by atoms with van der Waals surface area (Å²) >= 11 is 7.71. The molecule has 0 aliphatic carbocycles. The molecule has 0 fully saturated rings. The second kappa shape index (κ2) is 14.9. The van der Waals surface area contributed by atoms with Gasteiger partial charge in [0, 0.05) is 38.7 Å². The lowest BCUT2D eigenvalue weighted by Crippen LogP contribution is -2.59. The van der Waals surface area contributed by atoms with Gasteiger partial charge >= 0.3 is 0 Å². The predicted molar refractivity (Wildman–Crippen MR) is 264 cm³/mol. The van der Waals surface area contributed by atoms with E-state index in [1.54, 1.807) is 0 Å². The topological polar surface area (TPSA) is 0 Å². The lowest BCUT2D eigenvalue weighted by Gasteiger charge is -2.35. The molecule has 0 unspecified atom stereocenters. The van der Waals surface area contributed by atoms with E-state index in [4.69, 9.17) is 0 Å². The van der Waals surface area contributed by atoms with E-state index in [1.165, 1.54) is 104 Å². The standard InChI is InChI=1S/C54H38S4Si/c1-35-15-13-19-39(31-35)51-52(40-20-14-16-36(2)32-40)54(48-30-28-46(58-48)50-34-38-18-10-12-26-44(38)56-50)59(41-21-5-3-6-22-41,42-23-7-4-8-24-42)53(51)47-29-27-45(57-47)49-33-37-17-9-11-25-43(37)55-49/h3-34H,1-2H3. The minimum absolute atomic E-state index is 1.26. The van der Waals surface area contributed by atoms with Crippen molar-refractivity contribution in [3.05, 3.63) is 226 Å². The fourth-order valence-electron chi connectivity index (χ4n) is 9.08. The Bertz CT molecular complexity index is 2960. The van der Waals surface area contributed by atoms with E-state index in [0.29, 0.717) is 0 Å². The van der Waals surface area contributed by atoms with Crippen LogP contribution in [0.5, 0.6) is 0 Å². The second-order valence-corrected chi connectivity index (χ2v) is 23.3. The van der Waals surface area contributed by atoms with E-state index in [9.17, 15) is 0 Å². The van der Waals surface area contributed by atoms with Gasteiger partial charge in [-0.2, -0.15) is 0 Å². The van der Waals surface area contributed by atoms with Gasteiger partial charge in [0.05, 0.1) is 0 Å². The van der Waals surface area contributed by atoms with Gasteiger partial charge in [0.25, 0.3) is 0 Å². The van der Waals surface area contributed by atoms with Crippen LogP contribution in [-0.2, 0) is 0 Å². The van der Waals surface area contributed by atoms with Crippen molar-refractivity contribution < 1.29 is 0 Å². The molecule has 0 amide bonds. The molecule has 0 nitrogen and oxygen atoms in total. The molecule has 0 bridgehead atoms. The first kappa shape index (κ1) is 36.4. The molecule has 0 N–H and O–H groups in total. The van der Waals surface area contributed by atoms with Crippen molar-refractivity contribution in [1.29, 1.82) is 0 Å². The normalized spacial score (nSPS) is 13.9. The van der Waals surface area contributed by atoms with Crippen LogP contribution < -0.4 is 10.4 Å². The summed E-state index contributed by atoms with van der Waals surface area (Å²) in [6, 6.07) is 73.5. The predicted octanol–water partition coefficient (Wildman–Crippen LogP) is 15.1. The van der Waals surface area contributed by atoms with Gasteiger partial charge in [-0.3, -0.25) is 0 Å². The summed E-state index contributed by atoms with van der Waals surface area (Å²) < 4.78 is 2.65. The Labute approximate surface area is 362 Å². The molecule has 6 aromatic carbocycles. The fourth-order valence-corrected chi connectivity index (χ4v) is 19.8. The lowest BCUT2D eigenvalue weighted by atomic mass is 9.90. The Morgan fingerprint density at radius 2 is 0.729 bits per heavy atom. The van der Waals surface area contributed by atoms with Crippen LogP contribution in [0, 0.1) is 13.8 Å². The van der Waals surface area contributed by atoms with Gasteiger partial charge in [0.1, 0.15) is 0 Å². The molecule has 0 radical (unpaired) electrons. The third-order valence-corrected chi connectivity index (χ3v) is 21.7. The number of allylic oxidation sites excluding steroid dienone is 2. The van der Waals surface area contributed by atoms with E-state index >= 15 is 0 Å². The zero-order valence-corrected chi connectivity index (χ0v) is 36.9. The zero-order chi connectivity index (χ0) is 39.5. The molecule has 1 aliphatic rings. The third kappa shape index (κ3) is 6.19. The number of aryl methyl sites for hydroxylation is 2. The maximum atomic E-state index is 2.44.